The zero-order valence-corrected chi connectivity index (χ0v) is 12.4. The van der Waals surface area contributed by atoms with E-state index < -0.39 is 21.7 Å². The first-order valence-corrected chi connectivity index (χ1v) is 8.31. The molecule has 0 bridgehead atoms. The average Bonchev–Trinajstić information content (AvgIpc) is 2.81. The van der Waals surface area contributed by atoms with Crippen LogP contribution in [0, 0.1) is 11.8 Å². The normalized spacial score (nSPS) is 23.0. The Morgan fingerprint density at radius 2 is 2.00 bits per heavy atom. The molecule has 1 N–H and O–H groups in total. The van der Waals surface area contributed by atoms with Crippen LogP contribution in [0.5, 0.6) is 0 Å². The van der Waals surface area contributed by atoms with Gasteiger partial charge in [0.2, 0.25) is 0 Å². The number of benzene rings is 1. The quantitative estimate of drug-likeness (QED) is 0.914. The lowest BCUT2D eigenvalue weighted by Crippen LogP contribution is -2.24. The van der Waals surface area contributed by atoms with Gasteiger partial charge in [0, 0.05) is 13.1 Å². The number of hydrogen-bond acceptors (Lipinski definition) is 4. The standard InChI is InChI=1S/C14H19NO4S/c1-3-20(18,19)13-7-5-4-6-12(13)15-8-10(2)11(9-15)14(16)17/h4-7,10-11H,3,8-9H2,1-2H3,(H,16,17)/t10-,11-/m1/s1. The lowest BCUT2D eigenvalue weighted by Gasteiger charge is -2.21. The van der Waals surface area contributed by atoms with Crippen molar-refractivity contribution >= 4 is 21.5 Å². The van der Waals surface area contributed by atoms with Crippen LogP contribution in [0.15, 0.2) is 29.2 Å². The summed E-state index contributed by atoms with van der Waals surface area (Å²) in [5, 5.41) is 9.18. The Labute approximate surface area is 119 Å². The fraction of sp³-hybridized carbons (Fsp3) is 0.500. The molecule has 0 spiro atoms. The third-order valence-electron chi connectivity index (χ3n) is 3.85. The van der Waals surface area contributed by atoms with Gasteiger partial charge >= 0.3 is 5.97 Å². The molecule has 20 heavy (non-hydrogen) atoms. The van der Waals surface area contributed by atoms with E-state index >= 15 is 0 Å². The monoisotopic (exact) mass is 297 g/mol. The largest absolute Gasteiger partial charge is 0.481 e. The molecule has 1 saturated heterocycles. The van der Waals surface area contributed by atoms with Gasteiger partial charge in [0.25, 0.3) is 0 Å². The average molecular weight is 297 g/mol. The highest BCUT2D eigenvalue weighted by atomic mass is 32.2. The van der Waals surface area contributed by atoms with Gasteiger partial charge in [-0.05, 0) is 18.1 Å². The van der Waals surface area contributed by atoms with E-state index in [1.807, 2.05) is 11.8 Å². The van der Waals surface area contributed by atoms with Gasteiger partial charge in [-0.1, -0.05) is 26.0 Å². The van der Waals surface area contributed by atoms with Crippen molar-refractivity contribution in [2.45, 2.75) is 18.7 Å². The molecule has 0 unspecified atom stereocenters. The molecule has 0 saturated carbocycles. The van der Waals surface area contributed by atoms with Crippen LogP contribution in [0.4, 0.5) is 5.69 Å². The van der Waals surface area contributed by atoms with Crippen molar-refractivity contribution in [3.63, 3.8) is 0 Å². The van der Waals surface area contributed by atoms with Crippen molar-refractivity contribution in [1.29, 1.82) is 0 Å². The van der Waals surface area contributed by atoms with Gasteiger partial charge in [-0.2, -0.15) is 0 Å². The van der Waals surface area contributed by atoms with Gasteiger partial charge in [-0.3, -0.25) is 4.79 Å². The van der Waals surface area contributed by atoms with Crippen molar-refractivity contribution in [3.05, 3.63) is 24.3 Å². The van der Waals surface area contributed by atoms with E-state index in [1.54, 1.807) is 31.2 Å². The summed E-state index contributed by atoms with van der Waals surface area (Å²) in [7, 11) is -3.31. The summed E-state index contributed by atoms with van der Waals surface area (Å²) in [6, 6.07) is 6.81. The van der Waals surface area contributed by atoms with Crippen LogP contribution in [0.3, 0.4) is 0 Å². The number of nitrogens with zero attached hydrogens (tertiary/aromatic N) is 1. The lowest BCUT2D eigenvalue weighted by atomic mass is 9.99. The Hall–Kier alpha value is -1.56. The molecule has 6 heteroatoms. The molecule has 2 atom stereocenters. The van der Waals surface area contributed by atoms with Crippen LogP contribution in [-0.4, -0.2) is 38.3 Å². The van der Waals surface area contributed by atoms with Crippen LogP contribution in [0.2, 0.25) is 0 Å². The minimum atomic E-state index is -3.31. The molecule has 0 aromatic heterocycles. The summed E-state index contributed by atoms with van der Waals surface area (Å²) in [4.78, 5) is 13.3. The number of carbonyl (C=O) groups is 1. The molecule has 5 nitrogen and oxygen atoms in total. The molecule has 1 heterocycles. The van der Waals surface area contributed by atoms with Crippen molar-refractivity contribution in [1.82, 2.24) is 0 Å². The second-order valence-electron chi connectivity index (χ2n) is 5.20. The van der Waals surface area contributed by atoms with Gasteiger partial charge in [0.1, 0.15) is 0 Å². The van der Waals surface area contributed by atoms with Crippen molar-refractivity contribution in [2.24, 2.45) is 11.8 Å². The zero-order chi connectivity index (χ0) is 14.9. The number of sulfone groups is 1. The van der Waals surface area contributed by atoms with Crippen LogP contribution < -0.4 is 4.90 Å². The lowest BCUT2D eigenvalue weighted by molar-refractivity contribution is -0.142. The summed E-state index contributed by atoms with van der Waals surface area (Å²) < 4.78 is 24.3. The van der Waals surface area contributed by atoms with E-state index in [0.29, 0.717) is 23.7 Å². The van der Waals surface area contributed by atoms with Gasteiger partial charge in [-0.15, -0.1) is 0 Å². The molecule has 2 rings (SSSR count). The van der Waals surface area contributed by atoms with Crippen LogP contribution in [-0.2, 0) is 14.6 Å². The van der Waals surface area contributed by atoms with Crippen molar-refractivity contribution in [3.8, 4) is 0 Å². The predicted molar refractivity (Wildman–Crippen MR) is 76.7 cm³/mol. The van der Waals surface area contributed by atoms with Crippen LogP contribution >= 0.6 is 0 Å². The molecule has 0 amide bonds. The minimum absolute atomic E-state index is 0.00452. The highest BCUT2D eigenvalue weighted by molar-refractivity contribution is 7.91. The highest BCUT2D eigenvalue weighted by Crippen LogP contribution is 2.32. The van der Waals surface area contributed by atoms with Gasteiger partial charge in [0.15, 0.2) is 9.84 Å². The smallest absolute Gasteiger partial charge is 0.308 e. The maximum absolute atomic E-state index is 12.1. The first-order chi connectivity index (χ1) is 9.36. The van der Waals surface area contributed by atoms with Gasteiger partial charge < -0.3 is 10.0 Å². The molecular formula is C14H19NO4S. The summed E-state index contributed by atoms with van der Waals surface area (Å²) in [5.41, 5.74) is 0.616. The van der Waals surface area contributed by atoms with E-state index in [4.69, 9.17) is 0 Å². The number of carboxylic acids is 1. The van der Waals surface area contributed by atoms with Crippen molar-refractivity contribution in [2.75, 3.05) is 23.7 Å². The molecule has 0 aliphatic carbocycles. The van der Waals surface area contributed by atoms with E-state index in [9.17, 15) is 18.3 Å². The fourth-order valence-electron chi connectivity index (χ4n) is 2.62. The number of rotatable bonds is 4. The Balaban J connectivity index is 2.38. The van der Waals surface area contributed by atoms with Crippen LogP contribution in [0.25, 0.3) is 0 Å². The summed E-state index contributed by atoms with van der Waals surface area (Å²) in [6.07, 6.45) is 0. The second-order valence-corrected chi connectivity index (χ2v) is 7.44. The first-order valence-electron chi connectivity index (χ1n) is 6.66. The SMILES string of the molecule is CCS(=O)(=O)c1ccccc1N1C[C@@H](C)[C@H](C(=O)O)C1. The number of aliphatic carboxylic acids is 1. The third kappa shape index (κ3) is 2.65. The topological polar surface area (TPSA) is 74.7 Å². The van der Waals surface area contributed by atoms with E-state index in [2.05, 4.69) is 0 Å². The fourth-order valence-corrected chi connectivity index (χ4v) is 3.73. The molecule has 1 aromatic carbocycles. The first kappa shape index (κ1) is 14.8. The Bertz CT molecular complexity index is 611. The highest BCUT2D eigenvalue weighted by Gasteiger charge is 2.36. The number of hydrogen-bond donors (Lipinski definition) is 1. The van der Waals surface area contributed by atoms with E-state index in [-0.39, 0.29) is 11.7 Å². The molecule has 1 aliphatic rings. The predicted octanol–water partition coefficient (Wildman–Crippen LogP) is 1.64. The number of anilines is 1. The number of para-hydroxylation sites is 1. The second kappa shape index (κ2) is 5.44. The minimum Gasteiger partial charge on any atom is -0.481 e. The molecule has 1 aromatic rings. The molecular weight excluding hydrogens is 278 g/mol. The molecule has 110 valence electrons. The summed E-state index contributed by atoms with van der Waals surface area (Å²) in [6.45, 7) is 4.41. The van der Waals surface area contributed by atoms with Gasteiger partial charge in [-0.25, -0.2) is 8.42 Å². The van der Waals surface area contributed by atoms with Crippen LogP contribution in [0.1, 0.15) is 13.8 Å². The summed E-state index contributed by atoms with van der Waals surface area (Å²) >= 11 is 0. The molecule has 0 radical (unpaired) electrons. The molecule has 1 aliphatic heterocycles. The molecule has 1 fully saturated rings. The number of carboxylic acid groups (broad SMARTS) is 1. The van der Waals surface area contributed by atoms with Crippen molar-refractivity contribution < 1.29 is 18.3 Å². The van der Waals surface area contributed by atoms with E-state index in [0.717, 1.165) is 0 Å². The Morgan fingerprint density at radius 3 is 2.55 bits per heavy atom. The maximum Gasteiger partial charge on any atom is 0.308 e. The van der Waals surface area contributed by atoms with Gasteiger partial charge in [0.05, 0.1) is 22.3 Å². The summed E-state index contributed by atoms with van der Waals surface area (Å²) in [5.74, 6) is -1.23. The Morgan fingerprint density at radius 1 is 1.35 bits per heavy atom. The van der Waals surface area contributed by atoms with E-state index in [1.165, 1.54) is 0 Å². The zero-order valence-electron chi connectivity index (χ0n) is 11.6. The Kier molecular flexibility index (Phi) is 4.04. The third-order valence-corrected chi connectivity index (χ3v) is 5.63. The maximum atomic E-state index is 12.1.